The minimum absolute atomic E-state index is 0.0631. The van der Waals surface area contributed by atoms with Crippen LogP contribution in [0.4, 0.5) is 5.82 Å². The molecule has 1 saturated heterocycles. The van der Waals surface area contributed by atoms with Crippen molar-refractivity contribution in [1.29, 1.82) is 0 Å². The van der Waals surface area contributed by atoms with Gasteiger partial charge in [0, 0.05) is 59.4 Å². The Kier molecular flexibility index (Phi) is 8.52. The molecule has 0 unspecified atom stereocenters. The van der Waals surface area contributed by atoms with Crippen LogP contribution in [0.25, 0.3) is 10.2 Å². The number of piperidine rings is 1. The summed E-state index contributed by atoms with van der Waals surface area (Å²) in [6.07, 6.45) is 7.57. The van der Waals surface area contributed by atoms with Gasteiger partial charge in [0.05, 0.1) is 10.2 Å². The van der Waals surface area contributed by atoms with Gasteiger partial charge in [-0.15, -0.1) is 11.3 Å². The van der Waals surface area contributed by atoms with Crippen LogP contribution in [0.3, 0.4) is 0 Å². The average molecular weight is 572 g/mol. The number of ether oxygens (including phenoxy) is 1. The second-order valence-electron chi connectivity index (χ2n) is 10.0. The third-order valence-electron chi connectivity index (χ3n) is 7.15. The number of rotatable bonds is 7. The van der Waals surface area contributed by atoms with Gasteiger partial charge in [0.15, 0.2) is 11.6 Å². The summed E-state index contributed by atoms with van der Waals surface area (Å²) in [6.45, 7) is 9.38. The topological polar surface area (TPSA) is 79.7 Å². The Morgan fingerprint density at radius 3 is 2.65 bits per heavy atom. The van der Waals surface area contributed by atoms with Crippen molar-refractivity contribution in [1.82, 2.24) is 20.2 Å². The monoisotopic (exact) mass is 571 g/mol. The number of amidine groups is 1. The molecule has 0 spiro atoms. The van der Waals surface area contributed by atoms with Gasteiger partial charge in [0.1, 0.15) is 11.6 Å². The molecule has 0 saturated carbocycles. The number of amides is 1. The van der Waals surface area contributed by atoms with E-state index in [1.165, 1.54) is 0 Å². The number of benzene rings is 1. The van der Waals surface area contributed by atoms with Crippen LogP contribution in [-0.2, 0) is 4.79 Å². The molecule has 0 aliphatic carbocycles. The summed E-state index contributed by atoms with van der Waals surface area (Å²) in [6, 6.07) is 15.7. The Morgan fingerprint density at radius 1 is 1.15 bits per heavy atom. The molecular formula is C31H33N5O2S2. The molecule has 4 aromatic rings. The van der Waals surface area contributed by atoms with Crippen LogP contribution in [-0.4, -0.2) is 39.7 Å². The molecule has 0 radical (unpaired) electrons. The van der Waals surface area contributed by atoms with Crippen LogP contribution >= 0.6 is 23.1 Å². The number of thiophene rings is 1. The molecule has 9 heteroatoms. The first-order chi connectivity index (χ1) is 19.3. The highest BCUT2D eigenvalue weighted by Crippen LogP contribution is 2.40. The largest absolute Gasteiger partial charge is 0.453 e. The van der Waals surface area contributed by atoms with E-state index < -0.39 is 0 Å². The molecule has 7 nitrogen and oxygen atoms in total. The first-order valence-corrected chi connectivity index (χ1v) is 15.0. The molecule has 5 rings (SSSR count). The maximum Gasteiger partial charge on any atom is 0.219 e. The van der Waals surface area contributed by atoms with Crippen molar-refractivity contribution in [2.75, 3.05) is 13.1 Å². The van der Waals surface area contributed by atoms with Crippen LogP contribution in [0, 0.1) is 5.41 Å². The summed E-state index contributed by atoms with van der Waals surface area (Å²) in [7, 11) is 0. The van der Waals surface area contributed by atoms with Gasteiger partial charge in [0.2, 0.25) is 5.91 Å². The predicted octanol–water partition coefficient (Wildman–Crippen LogP) is 7.83. The summed E-state index contributed by atoms with van der Waals surface area (Å²) in [4.78, 5) is 29.8. The number of hydrogen-bond acceptors (Lipinski definition) is 7. The van der Waals surface area contributed by atoms with Crippen molar-refractivity contribution >= 4 is 50.9 Å². The lowest BCUT2D eigenvalue weighted by atomic mass is 9.77. The van der Waals surface area contributed by atoms with Crippen LogP contribution in [0.5, 0.6) is 11.5 Å². The number of para-hydroxylation sites is 1. The number of fused-ring (bicyclic) bond motifs is 1. The maximum atomic E-state index is 11.8. The van der Waals surface area contributed by atoms with Crippen molar-refractivity contribution in [3.63, 3.8) is 0 Å². The van der Waals surface area contributed by atoms with E-state index in [1.54, 1.807) is 30.0 Å². The minimum atomic E-state index is -0.0631. The van der Waals surface area contributed by atoms with E-state index in [4.69, 9.17) is 14.7 Å². The molecule has 1 aliphatic rings. The van der Waals surface area contributed by atoms with E-state index in [9.17, 15) is 4.79 Å². The van der Waals surface area contributed by atoms with Crippen molar-refractivity contribution in [3.8, 4) is 11.5 Å². The molecule has 1 amide bonds. The molecular weight excluding hydrogens is 539 g/mol. The molecule has 206 valence electrons. The quantitative estimate of drug-likeness (QED) is 0.180. The lowest BCUT2D eigenvalue weighted by Crippen LogP contribution is -2.44. The summed E-state index contributed by atoms with van der Waals surface area (Å²) in [5.74, 6) is 2.66. The first kappa shape index (κ1) is 27.9. The fraction of sp³-hybridized carbons (Fsp3) is 0.290. The predicted molar refractivity (Wildman–Crippen MR) is 164 cm³/mol. The summed E-state index contributed by atoms with van der Waals surface area (Å²) >= 11 is 3.32. The summed E-state index contributed by atoms with van der Waals surface area (Å²) in [5, 5.41) is 5.59. The second-order valence-corrected chi connectivity index (χ2v) is 12.1. The first-order valence-electron chi connectivity index (χ1n) is 13.3. The maximum absolute atomic E-state index is 11.8. The van der Waals surface area contributed by atoms with Crippen LogP contribution < -0.4 is 10.1 Å². The van der Waals surface area contributed by atoms with Gasteiger partial charge < -0.3 is 15.0 Å². The highest BCUT2D eigenvalue weighted by atomic mass is 32.2. The highest BCUT2D eigenvalue weighted by molar-refractivity contribution is 7.99. The van der Waals surface area contributed by atoms with Gasteiger partial charge in [-0.05, 0) is 56.3 Å². The second kappa shape index (κ2) is 12.2. The Hall–Kier alpha value is -3.69. The van der Waals surface area contributed by atoms with Crippen LogP contribution in [0.2, 0.25) is 0 Å². The fourth-order valence-corrected chi connectivity index (χ4v) is 6.72. The lowest BCUT2D eigenvalue weighted by Gasteiger charge is -2.41. The van der Waals surface area contributed by atoms with Gasteiger partial charge in [-0.2, -0.15) is 0 Å². The van der Waals surface area contributed by atoms with E-state index >= 15 is 0 Å². The fourth-order valence-electron chi connectivity index (χ4n) is 4.84. The number of aliphatic imine (C=N–C) groups is 1. The molecule has 40 heavy (non-hydrogen) atoms. The Bertz CT molecular complexity index is 1560. The number of carbonyl (C=O) groups is 1. The minimum Gasteiger partial charge on any atom is -0.453 e. The SMILES string of the molecule is C/C=C(\N/C(C)=N/c1ncc(Sc2ccnc3ccsc23)cc1Oc1ccccc1)C1(C)CCN(C(C)=O)CC1. The van der Waals surface area contributed by atoms with Gasteiger partial charge >= 0.3 is 0 Å². The number of nitrogens with one attached hydrogen (secondary N) is 1. The Balaban J connectivity index is 1.40. The average Bonchev–Trinajstić information content (AvgIpc) is 3.44. The summed E-state index contributed by atoms with van der Waals surface area (Å²) in [5.41, 5.74) is 2.03. The number of pyridine rings is 2. The van der Waals surface area contributed by atoms with E-state index in [0.29, 0.717) is 11.6 Å². The zero-order chi connectivity index (χ0) is 28.1. The van der Waals surface area contributed by atoms with E-state index in [1.807, 2.05) is 79.7 Å². The van der Waals surface area contributed by atoms with Crippen LogP contribution in [0.1, 0.15) is 40.5 Å². The molecule has 1 fully saturated rings. The van der Waals surface area contributed by atoms with Crippen molar-refractivity contribution < 1.29 is 9.53 Å². The standard InChI is InChI=1S/C31H33N5O2S2/c1-5-28(31(4)13-16-36(17-14-31)22(3)37)34-21(2)35-30-26(38-23-9-7-6-8-10-23)19-24(20-33-30)40-27-11-15-32-25-12-18-39-29(25)27/h5-12,15,18-20H,13-14,16-17H2,1-4H3,(H,33,34,35)/b28-5-. The highest BCUT2D eigenvalue weighted by Gasteiger charge is 2.34. The smallest absolute Gasteiger partial charge is 0.219 e. The molecule has 4 heterocycles. The molecule has 3 aromatic heterocycles. The Morgan fingerprint density at radius 2 is 1.93 bits per heavy atom. The number of carbonyl (C=O) groups excluding carboxylic acids is 1. The molecule has 1 aromatic carbocycles. The van der Waals surface area contributed by atoms with E-state index in [0.717, 1.165) is 63.2 Å². The van der Waals surface area contributed by atoms with Crippen molar-refractivity contribution in [2.45, 2.75) is 50.3 Å². The number of nitrogens with zero attached hydrogens (tertiary/aromatic N) is 4. The molecule has 0 atom stereocenters. The van der Waals surface area contributed by atoms with E-state index in [2.05, 4.69) is 28.7 Å². The normalized spacial score (nSPS) is 15.8. The molecule has 1 N–H and O–H groups in total. The Labute approximate surface area is 243 Å². The van der Waals surface area contributed by atoms with Gasteiger partial charge in [-0.25, -0.2) is 9.98 Å². The molecule has 0 bridgehead atoms. The van der Waals surface area contributed by atoms with Gasteiger partial charge in [-0.3, -0.25) is 9.78 Å². The molecule has 1 aliphatic heterocycles. The zero-order valence-corrected chi connectivity index (χ0v) is 24.8. The van der Waals surface area contributed by atoms with Crippen molar-refractivity contribution in [3.05, 3.63) is 78.1 Å². The van der Waals surface area contributed by atoms with Crippen LogP contribution in [0.15, 0.2) is 92.9 Å². The third-order valence-corrected chi connectivity index (χ3v) is 9.24. The van der Waals surface area contributed by atoms with Gasteiger partial charge in [0.25, 0.3) is 0 Å². The van der Waals surface area contributed by atoms with Gasteiger partial charge in [-0.1, -0.05) is 43.0 Å². The number of hydrogen-bond donors (Lipinski definition) is 1. The number of allylic oxidation sites excluding steroid dienone is 2. The lowest BCUT2D eigenvalue weighted by molar-refractivity contribution is -0.130. The number of likely N-dealkylation sites (tertiary alicyclic amines) is 1. The number of aromatic nitrogens is 2. The van der Waals surface area contributed by atoms with E-state index in [-0.39, 0.29) is 11.3 Å². The van der Waals surface area contributed by atoms with Crippen molar-refractivity contribution in [2.24, 2.45) is 10.4 Å². The third kappa shape index (κ3) is 6.37. The zero-order valence-electron chi connectivity index (χ0n) is 23.2. The summed E-state index contributed by atoms with van der Waals surface area (Å²) < 4.78 is 7.44.